The van der Waals surface area contributed by atoms with Crippen LogP contribution in [0.25, 0.3) is 10.8 Å². The third-order valence-electron chi connectivity index (χ3n) is 1.88. The standard InChI is InChI=1S/C10H10NP.C2H6/c1-7-4-8-2-3-10(12)5-9(8)6-11-7;1-2/h2-6H,12H2,1H3;1-2H3. The summed E-state index contributed by atoms with van der Waals surface area (Å²) < 4.78 is 0. The largest absolute Gasteiger partial charge is 0.261 e. The first-order chi connectivity index (χ1) is 6.75. The van der Waals surface area contributed by atoms with Gasteiger partial charge < -0.3 is 0 Å². The molecule has 1 heterocycles. The zero-order valence-electron chi connectivity index (χ0n) is 8.91. The Morgan fingerprint density at radius 3 is 2.50 bits per heavy atom. The van der Waals surface area contributed by atoms with Crippen molar-refractivity contribution in [2.75, 3.05) is 0 Å². The van der Waals surface area contributed by atoms with E-state index in [-0.39, 0.29) is 0 Å². The van der Waals surface area contributed by atoms with Crippen LogP contribution in [0, 0.1) is 6.92 Å². The van der Waals surface area contributed by atoms with Crippen molar-refractivity contribution in [1.29, 1.82) is 0 Å². The summed E-state index contributed by atoms with van der Waals surface area (Å²) in [5.41, 5.74) is 1.07. The fourth-order valence-corrected chi connectivity index (χ4v) is 1.55. The second-order valence-corrected chi connectivity index (χ2v) is 3.60. The van der Waals surface area contributed by atoms with Crippen LogP contribution in [-0.4, -0.2) is 4.98 Å². The predicted molar refractivity (Wildman–Crippen MR) is 67.2 cm³/mol. The highest BCUT2D eigenvalue weighted by Crippen LogP contribution is 2.12. The molecule has 0 aliphatic heterocycles. The van der Waals surface area contributed by atoms with Gasteiger partial charge in [-0.25, -0.2) is 0 Å². The summed E-state index contributed by atoms with van der Waals surface area (Å²) in [6.45, 7) is 6.01. The fourth-order valence-electron chi connectivity index (χ4n) is 1.27. The molecule has 14 heavy (non-hydrogen) atoms. The molecule has 0 spiro atoms. The minimum Gasteiger partial charge on any atom is -0.261 e. The summed E-state index contributed by atoms with van der Waals surface area (Å²) in [5.74, 6) is 0. The molecule has 0 aliphatic rings. The third-order valence-corrected chi connectivity index (χ3v) is 2.24. The van der Waals surface area contributed by atoms with Crippen LogP contribution in [-0.2, 0) is 0 Å². The van der Waals surface area contributed by atoms with Gasteiger partial charge in [0.15, 0.2) is 0 Å². The van der Waals surface area contributed by atoms with Gasteiger partial charge in [-0.1, -0.05) is 26.0 Å². The van der Waals surface area contributed by atoms with Gasteiger partial charge in [-0.2, -0.15) is 0 Å². The second kappa shape index (κ2) is 5.07. The molecule has 0 fully saturated rings. The lowest BCUT2D eigenvalue weighted by atomic mass is 10.1. The lowest BCUT2D eigenvalue weighted by molar-refractivity contribution is 1.22. The monoisotopic (exact) mass is 205 g/mol. The van der Waals surface area contributed by atoms with E-state index in [0.29, 0.717) is 0 Å². The maximum Gasteiger partial charge on any atom is 0.0379 e. The van der Waals surface area contributed by atoms with Gasteiger partial charge in [-0.3, -0.25) is 4.98 Å². The summed E-state index contributed by atoms with van der Waals surface area (Å²) in [7, 11) is 2.69. The molecule has 0 bridgehead atoms. The molecular weight excluding hydrogens is 189 g/mol. The van der Waals surface area contributed by atoms with Crippen molar-refractivity contribution in [1.82, 2.24) is 4.98 Å². The van der Waals surface area contributed by atoms with Gasteiger partial charge >= 0.3 is 0 Å². The normalized spacial score (nSPS) is 9.43. The second-order valence-electron chi connectivity index (χ2n) is 2.93. The Balaban J connectivity index is 0.000000461. The first-order valence-electron chi connectivity index (χ1n) is 4.87. The van der Waals surface area contributed by atoms with Gasteiger partial charge in [-0.05, 0) is 29.7 Å². The molecule has 2 heteroatoms. The lowest BCUT2D eigenvalue weighted by Gasteiger charge is -1.99. The van der Waals surface area contributed by atoms with E-state index in [0.717, 1.165) is 5.69 Å². The molecule has 2 aromatic rings. The number of pyridine rings is 1. The summed E-state index contributed by atoms with van der Waals surface area (Å²) in [5, 5.41) is 3.66. The highest BCUT2D eigenvalue weighted by molar-refractivity contribution is 7.27. The van der Waals surface area contributed by atoms with Crippen molar-refractivity contribution >= 4 is 25.3 Å². The molecule has 74 valence electrons. The first kappa shape index (κ1) is 11.1. The first-order valence-corrected chi connectivity index (χ1v) is 5.45. The van der Waals surface area contributed by atoms with Gasteiger partial charge in [0.2, 0.25) is 0 Å². The van der Waals surface area contributed by atoms with Crippen LogP contribution >= 0.6 is 9.24 Å². The van der Waals surface area contributed by atoms with Crippen molar-refractivity contribution < 1.29 is 0 Å². The summed E-state index contributed by atoms with van der Waals surface area (Å²) in [4.78, 5) is 4.24. The molecule has 0 saturated heterocycles. The molecule has 0 radical (unpaired) electrons. The van der Waals surface area contributed by atoms with E-state index >= 15 is 0 Å². The average molecular weight is 205 g/mol. The van der Waals surface area contributed by atoms with Crippen molar-refractivity contribution in [3.8, 4) is 0 Å². The van der Waals surface area contributed by atoms with E-state index in [4.69, 9.17) is 0 Å². The fraction of sp³-hybridized carbons (Fsp3) is 0.250. The van der Waals surface area contributed by atoms with Crippen LogP contribution in [0.1, 0.15) is 19.5 Å². The molecule has 1 aromatic heterocycles. The number of hydrogen-bond acceptors (Lipinski definition) is 1. The maximum absolute atomic E-state index is 4.24. The molecule has 0 aliphatic carbocycles. The Morgan fingerprint density at radius 1 is 1.07 bits per heavy atom. The number of nitrogens with zero attached hydrogens (tertiary/aromatic N) is 1. The quantitative estimate of drug-likeness (QED) is 0.602. The molecular formula is C12H16NP. The van der Waals surface area contributed by atoms with E-state index in [1.165, 1.54) is 16.1 Å². The van der Waals surface area contributed by atoms with Crippen LogP contribution in [0.4, 0.5) is 0 Å². The average Bonchev–Trinajstić information content (AvgIpc) is 2.21. The van der Waals surface area contributed by atoms with E-state index < -0.39 is 0 Å². The van der Waals surface area contributed by atoms with Gasteiger partial charge in [0.25, 0.3) is 0 Å². The number of benzene rings is 1. The zero-order valence-corrected chi connectivity index (χ0v) is 10.1. The Labute approximate surface area is 87.8 Å². The van der Waals surface area contributed by atoms with E-state index in [1.54, 1.807) is 0 Å². The van der Waals surface area contributed by atoms with Crippen LogP contribution in [0.15, 0.2) is 30.5 Å². The number of aryl methyl sites for hydroxylation is 1. The van der Waals surface area contributed by atoms with Gasteiger partial charge in [0.05, 0.1) is 0 Å². The van der Waals surface area contributed by atoms with Crippen molar-refractivity contribution in [3.05, 3.63) is 36.2 Å². The number of hydrogen-bond donors (Lipinski definition) is 0. The van der Waals surface area contributed by atoms with Crippen molar-refractivity contribution in [2.45, 2.75) is 20.8 Å². The molecule has 0 amide bonds. The Kier molecular flexibility index (Phi) is 4.03. The smallest absolute Gasteiger partial charge is 0.0379 e. The third kappa shape index (κ3) is 2.52. The zero-order chi connectivity index (χ0) is 10.6. The molecule has 2 rings (SSSR count). The Hall–Kier alpha value is -0.940. The molecule has 1 aromatic carbocycles. The van der Waals surface area contributed by atoms with Crippen LogP contribution in [0.2, 0.25) is 0 Å². The summed E-state index contributed by atoms with van der Waals surface area (Å²) >= 11 is 0. The van der Waals surface area contributed by atoms with Gasteiger partial charge in [-0.15, -0.1) is 9.24 Å². The maximum atomic E-state index is 4.24. The Morgan fingerprint density at radius 2 is 1.79 bits per heavy atom. The van der Waals surface area contributed by atoms with E-state index in [1.807, 2.05) is 27.0 Å². The molecule has 1 nitrogen and oxygen atoms in total. The topological polar surface area (TPSA) is 12.9 Å². The summed E-state index contributed by atoms with van der Waals surface area (Å²) in [6.07, 6.45) is 1.91. The highest BCUT2D eigenvalue weighted by atomic mass is 31.0. The lowest BCUT2D eigenvalue weighted by Crippen LogP contribution is -1.89. The Bertz CT molecular complexity index is 382. The minimum absolute atomic E-state index is 1.07. The van der Waals surface area contributed by atoms with Gasteiger partial charge in [0.1, 0.15) is 0 Å². The summed E-state index contributed by atoms with van der Waals surface area (Å²) in [6, 6.07) is 8.42. The minimum atomic E-state index is 1.07. The predicted octanol–water partition coefficient (Wildman–Crippen LogP) is 3.07. The van der Waals surface area contributed by atoms with E-state index in [2.05, 4.69) is 38.5 Å². The molecule has 1 unspecified atom stereocenters. The van der Waals surface area contributed by atoms with Crippen LogP contribution < -0.4 is 5.30 Å². The van der Waals surface area contributed by atoms with E-state index in [9.17, 15) is 0 Å². The number of rotatable bonds is 0. The number of aromatic nitrogens is 1. The number of fused-ring (bicyclic) bond motifs is 1. The van der Waals surface area contributed by atoms with Crippen molar-refractivity contribution in [3.63, 3.8) is 0 Å². The molecule has 0 N–H and O–H groups in total. The van der Waals surface area contributed by atoms with Gasteiger partial charge in [0, 0.05) is 17.3 Å². The molecule has 0 saturated carbocycles. The van der Waals surface area contributed by atoms with Crippen LogP contribution in [0.3, 0.4) is 0 Å². The van der Waals surface area contributed by atoms with Crippen molar-refractivity contribution in [2.24, 2.45) is 0 Å². The highest BCUT2D eigenvalue weighted by Gasteiger charge is 1.93. The van der Waals surface area contributed by atoms with Crippen LogP contribution in [0.5, 0.6) is 0 Å². The molecule has 1 atom stereocenters. The SMILES string of the molecule is CC.Cc1cc2ccc(P)cc2cn1.